The Morgan fingerprint density at radius 2 is 1.71 bits per heavy atom. The molecule has 2 aliphatic rings. The summed E-state index contributed by atoms with van der Waals surface area (Å²) in [6.07, 6.45) is 3.96. The van der Waals surface area contributed by atoms with Crippen molar-refractivity contribution in [3.8, 4) is 0 Å². The minimum absolute atomic E-state index is 0.0276. The van der Waals surface area contributed by atoms with Crippen LogP contribution >= 0.6 is 0 Å². The number of amides is 4. The predicted octanol–water partition coefficient (Wildman–Crippen LogP) is 3.11. The van der Waals surface area contributed by atoms with Crippen molar-refractivity contribution >= 4 is 29.3 Å². The molecule has 0 spiro atoms. The van der Waals surface area contributed by atoms with Gasteiger partial charge in [-0.1, -0.05) is 51.8 Å². The average molecular weight is 628 g/mol. The lowest BCUT2D eigenvalue weighted by Crippen LogP contribution is -2.55. The Bertz CT molecular complexity index is 1350. The first kappa shape index (κ1) is 34.0. The molecule has 1 aliphatic heterocycles. The number of hydrogen-bond donors (Lipinski definition) is 3. The zero-order valence-corrected chi connectivity index (χ0v) is 26.9. The van der Waals surface area contributed by atoms with E-state index in [0.29, 0.717) is 36.7 Å². The highest BCUT2D eigenvalue weighted by molar-refractivity contribution is 6.01. The summed E-state index contributed by atoms with van der Waals surface area (Å²) in [5.41, 5.74) is 0.876. The molecule has 1 aliphatic carbocycles. The van der Waals surface area contributed by atoms with E-state index in [9.17, 15) is 19.2 Å². The van der Waals surface area contributed by atoms with E-state index in [0.717, 1.165) is 38.8 Å². The third-order valence-corrected chi connectivity index (χ3v) is 9.20. The molecule has 1 saturated carbocycles. The highest BCUT2D eigenvalue weighted by atomic mass is 19.1. The molecule has 45 heavy (non-hydrogen) atoms. The van der Waals surface area contributed by atoms with Crippen molar-refractivity contribution in [2.75, 3.05) is 38.5 Å². The number of likely N-dealkylation sites (N-methyl/N-ethyl adjacent to an activating group) is 1. The summed E-state index contributed by atoms with van der Waals surface area (Å²) in [6.45, 7) is 10.0. The molecule has 0 radical (unpaired) electrons. The van der Waals surface area contributed by atoms with Crippen molar-refractivity contribution in [3.05, 3.63) is 41.0 Å². The molecule has 246 valence electrons. The zero-order valence-electron chi connectivity index (χ0n) is 26.9. The van der Waals surface area contributed by atoms with Gasteiger partial charge >= 0.3 is 0 Å². The molecule has 3 atom stereocenters. The van der Waals surface area contributed by atoms with Crippen LogP contribution in [0.2, 0.25) is 0 Å². The number of nitrogens with zero attached hydrogens (tertiary/aromatic N) is 4. The lowest BCUT2D eigenvalue weighted by molar-refractivity contribution is -0.138. The number of piperazine rings is 1. The van der Waals surface area contributed by atoms with Gasteiger partial charge in [-0.05, 0) is 61.0 Å². The Morgan fingerprint density at radius 1 is 1.02 bits per heavy atom. The zero-order chi connectivity index (χ0) is 32.7. The molecule has 13 heteroatoms. The molecule has 2 fully saturated rings. The summed E-state index contributed by atoms with van der Waals surface area (Å²) in [7, 11) is 1.99. The number of aromatic nitrogens is 2. The van der Waals surface area contributed by atoms with Crippen LogP contribution in [-0.4, -0.2) is 89.1 Å². The van der Waals surface area contributed by atoms with E-state index in [1.165, 1.54) is 12.1 Å². The molecule has 2 aromatic rings. The molecule has 1 aromatic carbocycles. The topological polar surface area (TPSA) is 150 Å². The molecule has 0 bridgehead atoms. The van der Waals surface area contributed by atoms with E-state index in [-0.39, 0.29) is 35.5 Å². The summed E-state index contributed by atoms with van der Waals surface area (Å²) >= 11 is 0. The lowest BCUT2D eigenvalue weighted by atomic mass is 9.79. The summed E-state index contributed by atoms with van der Waals surface area (Å²) in [5.74, 6) is -2.41. The van der Waals surface area contributed by atoms with E-state index >= 15 is 4.39 Å². The molecule has 4 rings (SSSR count). The number of anilines is 1. The van der Waals surface area contributed by atoms with Gasteiger partial charge in [0.1, 0.15) is 23.6 Å². The first-order chi connectivity index (χ1) is 21.5. The SMILES string of the molecule is CCC(=O)NC(C(=O)N1CCN(C)CC1)[C@@H](C)c1ccc(NC(=O)[C@@H](NC(=O)c2nonc2CC)C2CCC(C)CC2)c(F)c1. The maximum Gasteiger partial charge on any atom is 0.276 e. The van der Waals surface area contributed by atoms with Crippen LogP contribution in [0.15, 0.2) is 22.8 Å². The number of carbonyl (C=O) groups is 4. The maximum absolute atomic E-state index is 15.6. The van der Waals surface area contributed by atoms with Crippen molar-refractivity contribution in [2.24, 2.45) is 11.8 Å². The van der Waals surface area contributed by atoms with E-state index in [4.69, 9.17) is 4.63 Å². The normalized spacial score (nSPS) is 21.0. The van der Waals surface area contributed by atoms with Gasteiger partial charge < -0.3 is 25.8 Å². The fourth-order valence-corrected chi connectivity index (χ4v) is 6.06. The predicted molar refractivity (Wildman–Crippen MR) is 166 cm³/mol. The molecule has 1 saturated heterocycles. The Morgan fingerprint density at radius 3 is 2.33 bits per heavy atom. The summed E-state index contributed by atoms with van der Waals surface area (Å²) in [6, 6.07) is 2.60. The number of aryl methyl sites for hydroxylation is 1. The van der Waals surface area contributed by atoms with Crippen LogP contribution in [-0.2, 0) is 20.8 Å². The third-order valence-electron chi connectivity index (χ3n) is 9.20. The highest BCUT2D eigenvalue weighted by Gasteiger charge is 2.35. The molecule has 1 unspecified atom stereocenters. The Hall–Kier alpha value is -3.87. The number of benzene rings is 1. The minimum Gasteiger partial charge on any atom is -0.344 e. The van der Waals surface area contributed by atoms with Gasteiger partial charge in [-0.15, -0.1) is 0 Å². The van der Waals surface area contributed by atoms with Crippen LogP contribution in [0, 0.1) is 17.7 Å². The van der Waals surface area contributed by atoms with Crippen molar-refractivity contribution < 1.29 is 28.2 Å². The van der Waals surface area contributed by atoms with Crippen LogP contribution in [0.5, 0.6) is 0 Å². The van der Waals surface area contributed by atoms with Crippen LogP contribution in [0.1, 0.15) is 87.5 Å². The van der Waals surface area contributed by atoms with Gasteiger partial charge in [-0.3, -0.25) is 19.2 Å². The molecule has 4 amide bonds. The van der Waals surface area contributed by atoms with E-state index < -0.39 is 35.6 Å². The Balaban J connectivity index is 1.52. The number of halogens is 1. The van der Waals surface area contributed by atoms with E-state index in [2.05, 4.69) is 38.1 Å². The Labute approximate surface area is 263 Å². The molecule has 1 aromatic heterocycles. The summed E-state index contributed by atoms with van der Waals surface area (Å²) in [5, 5.41) is 15.8. The summed E-state index contributed by atoms with van der Waals surface area (Å²) in [4.78, 5) is 56.5. The Kier molecular flexibility index (Phi) is 11.7. The standard InChI is InChI=1S/C32H46FN7O5/c1-6-24-29(38-45-37-24)31(43)36-28(21-10-8-19(3)9-11-21)30(42)34-25-13-12-22(18-23(25)33)20(4)27(35-26(41)7-2)32(44)40-16-14-39(5)15-17-40/h12-13,18-21,27-28H,6-11,14-17H2,1-5H3,(H,34,42)(H,35,41)(H,36,43)/t19?,20-,21?,27?,28-/m0/s1. The van der Waals surface area contributed by atoms with Gasteiger partial charge in [0.05, 0.1) is 5.69 Å². The molecule has 3 N–H and O–H groups in total. The fourth-order valence-electron chi connectivity index (χ4n) is 6.06. The molecule has 2 heterocycles. The monoisotopic (exact) mass is 627 g/mol. The molecular weight excluding hydrogens is 581 g/mol. The van der Waals surface area contributed by atoms with Crippen molar-refractivity contribution in [3.63, 3.8) is 0 Å². The smallest absolute Gasteiger partial charge is 0.276 e. The van der Waals surface area contributed by atoms with Gasteiger partial charge in [-0.2, -0.15) is 0 Å². The summed E-state index contributed by atoms with van der Waals surface area (Å²) < 4.78 is 20.3. The van der Waals surface area contributed by atoms with Gasteiger partial charge in [0.2, 0.25) is 17.7 Å². The second kappa shape index (κ2) is 15.4. The number of nitrogens with one attached hydrogen (secondary N) is 3. The maximum atomic E-state index is 15.6. The van der Waals surface area contributed by atoms with Gasteiger partial charge in [0.15, 0.2) is 5.69 Å². The van der Waals surface area contributed by atoms with Gasteiger partial charge in [-0.25, -0.2) is 9.02 Å². The first-order valence-electron chi connectivity index (χ1n) is 16.0. The largest absolute Gasteiger partial charge is 0.344 e. The van der Waals surface area contributed by atoms with Crippen LogP contribution in [0.4, 0.5) is 10.1 Å². The van der Waals surface area contributed by atoms with Gasteiger partial charge in [0, 0.05) is 38.5 Å². The van der Waals surface area contributed by atoms with Crippen LogP contribution < -0.4 is 16.0 Å². The van der Waals surface area contributed by atoms with Crippen molar-refractivity contribution in [1.82, 2.24) is 30.7 Å². The van der Waals surface area contributed by atoms with Crippen LogP contribution in [0.25, 0.3) is 0 Å². The first-order valence-corrected chi connectivity index (χ1v) is 16.0. The number of hydrogen-bond acceptors (Lipinski definition) is 8. The van der Waals surface area contributed by atoms with E-state index in [1.54, 1.807) is 24.8 Å². The van der Waals surface area contributed by atoms with E-state index in [1.807, 2.05) is 14.0 Å². The minimum atomic E-state index is -0.917. The third kappa shape index (κ3) is 8.44. The fraction of sp³-hybridized carbons (Fsp3) is 0.625. The average Bonchev–Trinajstić information content (AvgIpc) is 3.53. The lowest BCUT2D eigenvalue weighted by Gasteiger charge is -2.36. The second-order valence-electron chi connectivity index (χ2n) is 12.4. The number of rotatable bonds is 11. The van der Waals surface area contributed by atoms with Crippen molar-refractivity contribution in [2.45, 2.75) is 84.2 Å². The molecular formula is C32H46FN7O5. The molecule has 12 nitrogen and oxygen atoms in total. The quantitative estimate of drug-likeness (QED) is 0.344. The highest BCUT2D eigenvalue weighted by Crippen LogP contribution is 2.32. The van der Waals surface area contributed by atoms with Crippen LogP contribution in [0.3, 0.4) is 0 Å². The second-order valence-corrected chi connectivity index (χ2v) is 12.4. The van der Waals surface area contributed by atoms with Crippen molar-refractivity contribution in [1.29, 1.82) is 0 Å². The number of carbonyl (C=O) groups excluding carboxylic acids is 4. The van der Waals surface area contributed by atoms with Gasteiger partial charge in [0.25, 0.3) is 5.91 Å².